The number of anilines is 1. The summed E-state index contributed by atoms with van der Waals surface area (Å²) in [6.45, 7) is 0.599. The second-order valence-electron chi connectivity index (χ2n) is 4.08. The summed E-state index contributed by atoms with van der Waals surface area (Å²) >= 11 is 7.58. The van der Waals surface area contributed by atoms with Gasteiger partial charge in [-0.25, -0.2) is 9.37 Å². The highest BCUT2D eigenvalue weighted by atomic mass is 35.5. The Bertz CT molecular complexity index is 726. The molecule has 5 heteroatoms. The van der Waals surface area contributed by atoms with Crippen LogP contribution in [0.2, 0.25) is 5.02 Å². The van der Waals surface area contributed by atoms with Gasteiger partial charge in [0.1, 0.15) is 5.82 Å². The zero-order valence-electron chi connectivity index (χ0n) is 9.86. The molecule has 0 fully saturated rings. The van der Waals surface area contributed by atoms with Crippen LogP contribution in [0.5, 0.6) is 0 Å². The van der Waals surface area contributed by atoms with E-state index in [0.29, 0.717) is 12.1 Å². The predicted octanol–water partition coefficient (Wildman–Crippen LogP) is 4.70. The summed E-state index contributed by atoms with van der Waals surface area (Å²) in [4.78, 5) is 4.34. The maximum Gasteiger partial charge on any atom is 0.184 e. The van der Waals surface area contributed by atoms with E-state index in [-0.39, 0.29) is 5.82 Å². The summed E-state index contributed by atoms with van der Waals surface area (Å²) in [7, 11) is 0. The molecule has 0 spiro atoms. The van der Waals surface area contributed by atoms with E-state index in [1.807, 2.05) is 24.3 Å². The number of fused-ring (bicyclic) bond motifs is 1. The van der Waals surface area contributed by atoms with Crippen molar-refractivity contribution in [3.8, 4) is 0 Å². The summed E-state index contributed by atoms with van der Waals surface area (Å²) < 4.78 is 14.0. The van der Waals surface area contributed by atoms with Crippen LogP contribution in [0.15, 0.2) is 42.5 Å². The maximum absolute atomic E-state index is 13.1. The number of thiazole rings is 1. The van der Waals surface area contributed by atoms with Crippen LogP contribution in [-0.2, 0) is 6.54 Å². The summed E-state index contributed by atoms with van der Waals surface area (Å²) in [5.41, 5.74) is 1.68. The Morgan fingerprint density at radius 2 is 2.05 bits per heavy atom. The first-order valence-corrected chi connectivity index (χ1v) is 6.95. The summed E-state index contributed by atoms with van der Waals surface area (Å²) in [5.74, 6) is -0.268. The SMILES string of the molecule is Fc1ccc2sc(NCc3ccccc3Cl)nc2c1. The standard InChI is InChI=1S/C14H10ClFN2S/c15-11-4-2-1-3-9(11)8-17-14-18-12-7-10(16)5-6-13(12)19-14/h1-7H,8H2,(H,17,18). The van der Waals surface area contributed by atoms with Gasteiger partial charge in [-0.1, -0.05) is 41.1 Å². The van der Waals surface area contributed by atoms with Crippen molar-refractivity contribution in [3.05, 3.63) is 58.9 Å². The fourth-order valence-corrected chi connectivity index (χ4v) is 2.83. The topological polar surface area (TPSA) is 24.9 Å². The van der Waals surface area contributed by atoms with E-state index in [4.69, 9.17) is 11.6 Å². The molecule has 0 amide bonds. The van der Waals surface area contributed by atoms with Gasteiger partial charge in [-0.3, -0.25) is 0 Å². The molecule has 0 unspecified atom stereocenters. The van der Waals surface area contributed by atoms with Crippen molar-refractivity contribution >= 4 is 38.3 Å². The van der Waals surface area contributed by atoms with Crippen molar-refractivity contribution in [1.29, 1.82) is 0 Å². The molecule has 0 aliphatic heterocycles. The minimum Gasteiger partial charge on any atom is -0.357 e. The molecule has 0 atom stereocenters. The fourth-order valence-electron chi connectivity index (χ4n) is 1.79. The Morgan fingerprint density at radius 1 is 1.21 bits per heavy atom. The van der Waals surface area contributed by atoms with E-state index in [0.717, 1.165) is 20.4 Å². The Balaban J connectivity index is 1.80. The van der Waals surface area contributed by atoms with E-state index < -0.39 is 0 Å². The molecule has 0 aliphatic rings. The average molecular weight is 293 g/mol. The molecule has 2 nitrogen and oxygen atoms in total. The van der Waals surface area contributed by atoms with E-state index in [2.05, 4.69) is 10.3 Å². The number of aromatic nitrogens is 1. The first-order valence-electron chi connectivity index (χ1n) is 5.76. The molecule has 19 heavy (non-hydrogen) atoms. The lowest BCUT2D eigenvalue weighted by atomic mass is 10.2. The molecular weight excluding hydrogens is 283 g/mol. The summed E-state index contributed by atoms with van der Waals surface area (Å²) in [5, 5.41) is 4.70. The van der Waals surface area contributed by atoms with Crippen molar-refractivity contribution in [3.63, 3.8) is 0 Å². The zero-order chi connectivity index (χ0) is 13.2. The molecule has 1 aromatic heterocycles. The molecule has 3 rings (SSSR count). The van der Waals surface area contributed by atoms with Crippen LogP contribution >= 0.6 is 22.9 Å². The highest BCUT2D eigenvalue weighted by molar-refractivity contribution is 7.22. The second-order valence-corrected chi connectivity index (χ2v) is 5.51. The van der Waals surface area contributed by atoms with Gasteiger partial charge in [0.25, 0.3) is 0 Å². The Hall–Kier alpha value is -1.65. The molecule has 0 bridgehead atoms. The smallest absolute Gasteiger partial charge is 0.184 e. The van der Waals surface area contributed by atoms with Crippen LogP contribution in [0.4, 0.5) is 9.52 Å². The summed E-state index contributed by atoms with van der Waals surface area (Å²) in [6, 6.07) is 12.3. The van der Waals surface area contributed by atoms with Gasteiger partial charge in [-0.05, 0) is 23.8 Å². The van der Waals surface area contributed by atoms with E-state index >= 15 is 0 Å². The van der Waals surface area contributed by atoms with Gasteiger partial charge in [0.05, 0.1) is 10.2 Å². The molecule has 0 saturated carbocycles. The van der Waals surface area contributed by atoms with Crippen molar-refractivity contribution < 1.29 is 4.39 Å². The quantitative estimate of drug-likeness (QED) is 0.757. The van der Waals surface area contributed by atoms with Gasteiger partial charge >= 0.3 is 0 Å². The van der Waals surface area contributed by atoms with Gasteiger partial charge in [0.2, 0.25) is 0 Å². The molecule has 0 aliphatic carbocycles. The fraction of sp³-hybridized carbons (Fsp3) is 0.0714. The maximum atomic E-state index is 13.1. The molecular formula is C14H10ClFN2S. The predicted molar refractivity (Wildman–Crippen MR) is 78.4 cm³/mol. The van der Waals surface area contributed by atoms with Gasteiger partial charge in [-0.15, -0.1) is 0 Å². The van der Waals surface area contributed by atoms with E-state index in [1.54, 1.807) is 6.07 Å². The minimum atomic E-state index is -0.268. The van der Waals surface area contributed by atoms with Crippen molar-refractivity contribution in [2.75, 3.05) is 5.32 Å². The normalized spacial score (nSPS) is 10.8. The number of nitrogens with one attached hydrogen (secondary N) is 1. The van der Waals surface area contributed by atoms with Gasteiger partial charge in [0.15, 0.2) is 5.13 Å². The number of hydrogen-bond donors (Lipinski definition) is 1. The van der Waals surface area contributed by atoms with Crippen molar-refractivity contribution in [2.45, 2.75) is 6.54 Å². The largest absolute Gasteiger partial charge is 0.357 e. The monoisotopic (exact) mass is 292 g/mol. The third-order valence-corrected chi connectivity index (χ3v) is 4.10. The van der Waals surface area contributed by atoms with Crippen molar-refractivity contribution in [1.82, 2.24) is 4.98 Å². The third-order valence-electron chi connectivity index (χ3n) is 2.74. The van der Waals surface area contributed by atoms with E-state index in [9.17, 15) is 4.39 Å². The highest BCUT2D eigenvalue weighted by Gasteiger charge is 2.05. The Morgan fingerprint density at radius 3 is 2.89 bits per heavy atom. The minimum absolute atomic E-state index is 0.268. The van der Waals surface area contributed by atoms with Gasteiger partial charge in [0, 0.05) is 17.6 Å². The lowest BCUT2D eigenvalue weighted by molar-refractivity contribution is 0.629. The molecule has 0 radical (unpaired) electrons. The van der Waals surface area contributed by atoms with Crippen LogP contribution in [0.25, 0.3) is 10.2 Å². The molecule has 2 aromatic carbocycles. The number of hydrogen-bond acceptors (Lipinski definition) is 3. The molecule has 3 aromatic rings. The lowest BCUT2D eigenvalue weighted by Gasteiger charge is -2.04. The average Bonchev–Trinajstić information content (AvgIpc) is 2.79. The number of benzene rings is 2. The van der Waals surface area contributed by atoms with Crippen LogP contribution in [-0.4, -0.2) is 4.98 Å². The van der Waals surface area contributed by atoms with E-state index in [1.165, 1.54) is 23.5 Å². The Labute approximate surface area is 118 Å². The number of rotatable bonds is 3. The first-order chi connectivity index (χ1) is 9.22. The molecule has 1 N–H and O–H groups in total. The number of nitrogens with zero attached hydrogens (tertiary/aromatic N) is 1. The zero-order valence-corrected chi connectivity index (χ0v) is 11.4. The molecule has 1 heterocycles. The highest BCUT2D eigenvalue weighted by Crippen LogP contribution is 2.27. The third kappa shape index (κ3) is 2.69. The molecule has 0 saturated heterocycles. The van der Waals surface area contributed by atoms with Gasteiger partial charge < -0.3 is 5.32 Å². The lowest BCUT2D eigenvalue weighted by Crippen LogP contribution is -1.99. The van der Waals surface area contributed by atoms with Crippen LogP contribution in [0.1, 0.15) is 5.56 Å². The Kier molecular flexibility index (Phi) is 3.36. The summed E-state index contributed by atoms with van der Waals surface area (Å²) in [6.07, 6.45) is 0. The van der Waals surface area contributed by atoms with Crippen LogP contribution in [0, 0.1) is 5.82 Å². The van der Waals surface area contributed by atoms with Crippen LogP contribution < -0.4 is 5.32 Å². The first kappa shape index (κ1) is 12.4. The number of halogens is 2. The molecule has 96 valence electrons. The van der Waals surface area contributed by atoms with Crippen molar-refractivity contribution in [2.24, 2.45) is 0 Å². The van der Waals surface area contributed by atoms with Crippen LogP contribution in [0.3, 0.4) is 0 Å². The second kappa shape index (κ2) is 5.15. The van der Waals surface area contributed by atoms with Gasteiger partial charge in [-0.2, -0.15) is 0 Å².